The van der Waals surface area contributed by atoms with Crippen LogP contribution in [0.2, 0.25) is 0 Å². The van der Waals surface area contributed by atoms with Crippen LogP contribution in [0.4, 0.5) is 5.69 Å². The summed E-state index contributed by atoms with van der Waals surface area (Å²) in [4.78, 5) is 16.3. The first kappa shape index (κ1) is 19.4. The predicted molar refractivity (Wildman–Crippen MR) is 122 cm³/mol. The number of nitrogens with one attached hydrogen (secondary N) is 1. The van der Waals surface area contributed by atoms with Crippen molar-refractivity contribution in [3.8, 4) is 5.75 Å². The fourth-order valence-electron chi connectivity index (χ4n) is 5.84. The summed E-state index contributed by atoms with van der Waals surface area (Å²) in [5, 5.41) is 3.73. The highest BCUT2D eigenvalue weighted by Gasteiger charge is 2.61. The van der Waals surface area contributed by atoms with Gasteiger partial charge in [-0.1, -0.05) is 66.7 Å². The molecule has 3 aromatic rings. The first-order valence-corrected chi connectivity index (χ1v) is 11.2. The van der Waals surface area contributed by atoms with Crippen LogP contribution in [0.1, 0.15) is 35.4 Å². The standard InChI is InChI=1S/C27H26N2O3/c1-31-23-14-8-6-12-21(23)24-27(15-19-11-5-7-13-22(19)28-24)16-20-17-32-25(29(20)26(27)30)18-9-3-2-4-10-18/h2-14,20,24-25,28H,15-17H2,1H3/t20-,24-,25+,27-/m1/s1. The first-order valence-electron chi connectivity index (χ1n) is 11.2. The third-order valence-electron chi connectivity index (χ3n) is 7.26. The molecule has 0 unspecified atom stereocenters. The van der Waals surface area contributed by atoms with E-state index in [9.17, 15) is 4.79 Å². The molecule has 162 valence electrons. The summed E-state index contributed by atoms with van der Waals surface area (Å²) in [7, 11) is 1.69. The third kappa shape index (κ3) is 2.77. The maximum absolute atomic E-state index is 14.3. The van der Waals surface area contributed by atoms with E-state index in [4.69, 9.17) is 9.47 Å². The van der Waals surface area contributed by atoms with Gasteiger partial charge in [-0.15, -0.1) is 0 Å². The van der Waals surface area contributed by atoms with Crippen molar-refractivity contribution >= 4 is 11.6 Å². The van der Waals surface area contributed by atoms with Crippen LogP contribution in [0.15, 0.2) is 78.9 Å². The molecule has 0 radical (unpaired) electrons. The molecule has 1 spiro atoms. The van der Waals surface area contributed by atoms with E-state index in [1.807, 2.05) is 65.6 Å². The van der Waals surface area contributed by atoms with Gasteiger partial charge in [-0.3, -0.25) is 4.79 Å². The second-order valence-electron chi connectivity index (χ2n) is 8.98. The van der Waals surface area contributed by atoms with Gasteiger partial charge in [0.05, 0.1) is 31.2 Å². The first-order chi connectivity index (χ1) is 15.7. The zero-order valence-electron chi connectivity index (χ0n) is 18.0. The molecular formula is C27H26N2O3. The number of carbonyl (C=O) groups is 1. The second kappa shape index (κ2) is 7.38. The molecule has 5 heteroatoms. The van der Waals surface area contributed by atoms with Crippen molar-refractivity contribution in [2.75, 3.05) is 19.0 Å². The Bertz CT molecular complexity index is 1160. The fraction of sp³-hybridized carbons (Fsp3) is 0.296. The lowest BCUT2D eigenvalue weighted by molar-refractivity contribution is -0.143. The highest BCUT2D eigenvalue weighted by molar-refractivity contribution is 5.89. The van der Waals surface area contributed by atoms with Crippen LogP contribution in [0.3, 0.4) is 0 Å². The van der Waals surface area contributed by atoms with Crippen molar-refractivity contribution in [3.05, 3.63) is 95.6 Å². The number of methoxy groups -OCH3 is 1. The van der Waals surface area contributed by atoms with Crippen LogP contribution in [0.25, 0.3) is 0 Å². The van der Waals surface area contributed by atoms with E-state index in [1.54, 1.807) is 7.11 Å². The zero-order valence-corrected chi connectivity index (χ0v) is 18.0. The van der Waals surface area contributed by atoms with Crippen molar-refractivity contribution in [2.45, 2.75) is 31.2 Å². The summed E-state index contributed by atoms with van der Waals surface area (Å²) >= 11 is 0. The van der Waals surface area contributed by atoms with E-state index in [-0.39, 0.29) is 24.2 Å². The summed E-state index contributed by atoms with van der Waals surface area (Å²) in [6.07, 6.45) is 1.12. The molecule has 3 aliphatic rings. The molecule has 2 fully saturated rings. The van der Waals surface area contributed by atoms with Crippen molar-refractivity contribution in [3.63, 3.8) is 0 Å². The van der Waals surface area contributed by atoms with Crippen LogP contribution in [0, 0.1) is 5.41 Å². The fourth-order valence-corrected chi connectivity index (χ4v) is 5.84. The lowest BCUT2D eigenvalue weighted by Crippen LogP contribution is -2.46. The Morgan fingerprint density at radius 1 is 1.00 bits per heavy atom. The molecule has 1 N–H and O–H groups in total. The number of rotatable bonds is 3. The van der Waals surface area contributed by atoms with E-state index in [0.717, 1.165) is 29.0 Å². The summed E-state index contributed by atoms with van der Waals surface area (Å²) in [6.45, 7) is 0.563. The number of ether oxygens (including phenoxy) is 2. The van der Waals surface area contributed by atoms with Gasteiger partial charge < -0.3 is 19.7 Å². The van der Waals surface area contributed by atoms with Crippen LogP contribution < -0.4 is 10.1 Å². The number of para-hydroxylation sites is 2. The van der Waals surface area contributed by atoms with Crippen LogP contribution in [0.5, 0.6) is 5.75 Å². The van der Waals surface area contributed by atoms with Crippen molar-refractivity contribution in [1.82, 2.24) is 4.90 Å². The van der Waals surface area contributed by atoms with E-state index in [1.165, 1.54) is 5.56 Å². The molecule has 3 heterocycles. The molecule has 32 heavy (non-hydrogen) atoms. The minimum absolute atomic E-state index is 0.0666. The van der Waals surface area contributed by atoms with Gasteiger partial charge in [-0.25, -0.2) is 0 Å². The Balaban J connectivity index is 1.47. The maximum Gasteiger partial charge on any atom is 0.234 e. The molecule has 0 saturated carbocycles. The van der Waals surface area contributed by atoms with Gasteiger partial charge >= 0.3 is 0 Å². The number of carbonyl (C=O) groups excluding carboxylic acids is 1. The van der Waals surface area contributed by atoms with Crippen LogP contribution >= 0.6 is 0 Å². The Morgan fingerprint density at radius 3 is 2.59 bits per heavy atom. The average molecular weight is 427 g/mol. The lowest BCUT2D eigenvalue weighted by Gasteiger charge is -2.43. The van der Waals surface area contributed by atoms with Crippen molar-refractivity contribution in [2.24, 2.45) is 5.41 Å². The molecule has 1 amide bonds. The van der Waals surface area contributed by atoms with Crippen molar-refractivity contribution < 1.29 is 14.3 Å². The number of hydrogen-bond donors (Lipinski definition) is 1. The third-order valence-corrected chi connectivity index (χ3v) is 7.26. The maximum atomic E-state index is 14.3. The Morgan fingerprint density at radius 2 is 1.75 bits per heavy atom. The molecule has 0 aromatic heterocycles. The molecule has 3 aliphatic heterocycles. The molecule has 4 atom stereocenters. The van der Waals surface area contributed by atoms with Crippen LogP contribution in [-0.4, -0.2) is 30.6 Å². The summed E-state index contributed by atoms with van der Waals surface area (Å²) in [5.74, 6) is 0.964. The number of nitrogens with zero attached hydrogens (tertiary/aromatic N) is 1. The van der Waals surface area contributed by atoms with Gasteiger partial charge in [0.2, 0.25) is 5.91 Å². The largest absolute Gasteiger partial charge is 0.496 e. The number of fused-ring (bicyclic) bond motifs is 2. The number of amides is 1. The molecular weight excluding hydrogens is 400 g/mol. The Hall–Kier alpha value is -3.31. The highest BCUT2D eigenvalue weighted by atomic mass is 16.5. The van der Waals surface area contributed by atoms with Gasteiger partial charge in [0.15, 0.2) is 6.23 Å². The van der Waals surface area contributed by atoms with Gasteiger partial charge in [-0.05, 0) is 30.5 Å². The monoisotopic (exact) mass is 426 g/mol. The highest BCUT2D eigenvalue weighted by Crippen LogP contribution is 2.57. The minimum atomic E-state index is -0.593. The lowest BCUT2D eigenvalue weighted by atomic mass is 9.68. The quantitative estimate of drug-likeness (QED) is 0.658. The smallest absolute Gasteiger partial charge is 0.234 e. The van der Waals surface area contributed by atoms with Crippen LogP contribution in [-0.2, 0) is 16.0 Å². The Kier molecular flexibility index (Phi) is 4.47. The van der Waals surface area contributed by atoms with E-state index >= 15 is 0 Å². The predicted octanol–water partition coefficient (Wildman–Crippen LogP) is 4.72. The molecule has 0 aliphatic carbocycles. The summed E-state index contributed by atoms with van der Waals surface area (Å²) < 4.78 is 11.8. The SMILES string of the molecule is COc1ccccc1[C@H]1Nc2ccccc2C[C@@]12C[C@@H]1CO[C@@H](c3ccccc3)N1C2=O. The van der Waals surface area contributed by atoms with Gasteiger partial charge in [0.1, 0.15) is 5.75 Å². The minimum Gasteiger partial charge on any atom is -0.496 e. The molecule has 6 rings (SSSR count). The van der Waals surface area contributed by atoms with E-state index in [0.29, 0.717) is 13.0 Å². The zero-order chi connectivity index (χ0) is 21.7. The number of hydrogen-bond acceptors (Lipinski definition) is 4. The van der Waals surface area contributed by atoms with Gasteiger partial charge in [0.25, 0.3) is 0 Å². The van der Waals surface area contributed by atoms with Gasteiger partial charge in [0, 0.05) is 16.8 Å². The topological polar surface area (TPSA) is 50.8 Å². The summed E-state index contributed by atoms with van der Waals surface area (Å²) in [6, 6.07) is 26.3. The van der Waals surface area contributed by atoms with Gasteiger partial charge in [-0.2, -0.15) is 0 Å². The van der Waals surface area contributed by atoms with E-state index in [2.05, 4.69) is 23.5 Å². The second-order valence-corrected chi connectivity index (χ2v) is 8.98. The van der Waals surface area contributed by atoms with E-state index < -0.39 is 5.41 Å². The average Bonchev–Trinajstić information content (AvgIpc) is 3.37. The molecule has 0 bridgehead atoms. The molecule has 5 nitrogen and oxygen atoms in total. The van der Waals surface area contributed by atoms with Crippen molar-refractivity contribution in [1.29, 1.82) is 0 Å². The molecule has 2 saturated heterocycles. The molecule has 3 aromatic carbocycles. The number of anilines is 1. The summed E-state index contributed by atoms with van der Waals surface area (Å²) in [5.41, 5.74) is 3.73. The normalized spacial score (nSPS) is 28.3. The number of benzene rings is 3. The Labute approximate surface area is 188 Å².